The first-order valence-corrected chi connectivity index (χ1v) is 17.1. The van der Waals surface area contributed by atoms with Gasteiger partial charge in [0.15, 0.2) is 0 Å². The first-order valence-electron chi connectivity index (χ1n) is 17.1. The fourth-order valence-electron chi connectivity index (χ4n) is 7.74. The molecular weight excluding hydrogens is 649 g/mol. The molecule has 1 unspecified atom stereocenters. The van der Waals surface area contributed by atoms with Gasteiger partial charge in [-0.05, 0) is 123 Å². The number of hydrogen-bond donors (Lipinski definition) is 0. The Morgan fingerprint density at radius 3 is 1.17 bits per heavy atom. The maximum atomic E-state index is 5.99. The van der Waals surface area contributed by atoms with E-state index in [-0.39, 0.29) is 5.92 Å². The summed E-state index contributed by atoms with van der Waals surface area (Å²) in [4.78, 5) is 0. The van der Waals surface area contributed by atoms with Crippen LogP contribution in [0.2, 0.25) is 0 Å². The van der Waals surface area contributed by atoms with Crippen molar-refractivity contribution in [3.05, 3.63) is 178 Å². The highest BCUT2D eigenvalue weighted by Crippen LogP contribution is 2.62. The molecule has 0 saturated heterocycles. The number of benzene rings is 6. The lowest BCUT2D eigenvalue weighted by Crippen LogP contribution is -2.41. The SMILES string of the molecule is COc1ccc(C2=C(c3ccc(OC)cc3)C(c3ccc(OC)cc3)C(c3ccc(OC)cc3)(c3ccc(OC)cc3)c3cc(OC)ccc32)cc1. The van der Waals surface area contributed by atoms with Crippen LogP contribution in [0, 0.1) is 0 Å². The molecule has 1 atom stereocenters. The average molecular weight is 691 g/mol. The van der Waals surface area contributed by atoms with Crippen molar-refractivity contribution < 1.29 is 28.4 Å². The highest BCUT2D eigenvalue weighted by molar-refractivity contribution is 6.05. The van der Waals surface area contributed by atoms with Crippen molar-refractivity contribution in [3.8, 4) is 34.5 Å². The van der Waals surface area contributed by atoms with E-state index in [0.717, 1.165) is 84.6 Å². The first kappa shape index (κ1) is 34.3. The van der Waals surface area contributed by atoms with Gasteiger partial charge in [0, 0.05) is 5.92 Å². The average Bonchev–Trinajstić information content (AvgIpc) is 3.22. The number of ether oxygens (including phenoxy) is 6. The molecule has 6 heteroatoms. The number of allylic oxidation sites excluding steroid dienone is 1. The van der Waals surface area contributed by atoms with E-state index >= 15 is 0 Å². The standard InChI is InChI=1S/C46H42O6/c1-47-35-17-7-30(8-18-35)43-41-28-27-40(52-6)29-42(41)46(33-13-23-38(50-4)24-14-33,34-15-25-39(51-5)26-16-34)45(32-11-21-37(49-3)22-12-32)44(43)31-9-19-36(48-2)20-10-31/h7-29,45H,1-6H3. The highest BCUT2D eigenvalue weighted by atomic mass is 16.5. The Morgan fingerprint density at radius 2 is 0.750 bits per heavy atom. The van der Waals surface area contributed by atoms with Gasteiger partial charge in [-0.15, -0.1) is 0 Å². The maximum absolute atomic E-state index is 5.99. The van der Waals surface area contributed by atoms with Crippen LogP contribution in [0.4, 0.5) is 0 Å². The largest absolute Gasteiger partial charge is 0.497 e. The molecule has 0 aromatic heterocycles. The minimum Gasteiger partial charge on any atom is -0.497 e. The molecule has 0 amide bonds. The molecule has 6 aromatic carbocycles. The Morgan fingerprint density at radius 1 is 0.385 bits per heavy atom. The van der Waals surface area contributed by atoms with Gasteiger partial charge in [0.2, 0.25) is 0 Å². The number of methoxy groups -OCH3 is 6. The fourth-order valence-corrected chi connectivity index (χ4v) is 7.74. The topological polar surface area (TPSA) is 55.4 Å². The molecule has 52 heavy (non-hydrogen) atoms. The summed E-state index contributed by atoms with van der Waals surface area (Å²) in [5.74, 6) is 4.41. The molecule has 0 aliphatic heterocycles. The van der Waals surface area contributed by atoms with Crippen molar-refractivity contribution in [1.82, 2.24) is 0 Å². The molecular formula is C46H42O6. The predicted octanol–water partition coefficient (Wildman–Crippen LogP) is 9.83. The smallest absolute Gasteiger partial charge is 0.119 e. The lowest BCUT2D eigenvalue weighted by molar-refractivity contribution is 0.410. The monoisotopic (exact) mass is 690 g/mol. The zero-order valence-corrected chi connectivity index (χ0v) is 30.3. The van der Waals surface area contributed by atoms with Gasteiger partial charge in [-0.3, -0.25) is 0 Å². The van der Waals surface area contributed by atoms with Gasteiger partial charge in [-0.1, -0.05) is 66.7 Å². The van der Waals surface area contributed by atoms with Gasteiger partial charge < -0.3 is 28.4 Å². The van der Waals surface area contributed by atoms with Gasteiger partial charge in [-0.2, -0.15) is 0 Å². The predicted molar refractivity (Wildman–Crippen MR) is 207 cm³/mol. The van der Waals surface area contributed by atoms with Crippen LogP contribution in [-0.2, 0) is 5.41 Å². The van der Waals surface area contributed by atoms with E-state index in [0.29, 0.717) is 0 Å². The quantitative estimate of drug-likeness (QED) is 0.135. The van der Waals surface area contributed by atoms with Crippen molar-refractivity contribution in [1.29, 1.82) is 0 Å². The zero-order chi connectivity index (χ0) is 36.2. The summed E-state index contributed by atoms with van der Waals surface area (Å²) >= 11 is 0. The van der Waals surface area contributed by atoms with Gasteiger partial charge in [0.25, 0.3) is 0 Å². The first-order chi connectivity index (χ1) is 25.5. The fraction of sp³-hybridized carbons (Fsp3) is 0.174. The summed E-state index contributed by atoms with van der Waals surface area (Å²) in [6.45, 7) is 0. The third-order valence-corrected chi connectivity index (χ3v) is 10.2. The van der Waals surface area contributed by atoms with Crippen LogP contribution in [0.25, 0.3) is 11.1 Å². The second kappa shape index (κ2) is 14.6. The van der Waals surface area contributed by atoms with Crippen LogP contribution in [0.1, 0.15) is 44.9 Å². The van der Waals surface area contributed by atoms with E-state index in [1.807, 2.05) is 60.7 Å². The molecule has 1 aliphatic carbocycles. The molecule has 7 rings (SSSR count). The summed E-state index contributed by atoms with van der Waals surface area (Å²) < 4.78 is 34.3. The Labute approximate surface area is 305 Å². The van der Waals surface area contributed by atoms with Crippen LogP contribution in [0.15, 0.2) is 140 Å². The molecule has 1 aliphatic rings. The molecule has 0 bridgehead atoms. The van der Waals surface area contributed by atoms with E-state index in [1.165, 1.54) is 0 Å². The van der Waals surface area contributed by atoms with E-state index < -0.39 is 5.41 Å². The lowest BCUT2D eigenvalue weighted by atomic mass is 9.52. The maximum Gasteiger partial charge on any atom is 0.119 e. The zero-order valence-electron chi connectivity index (χ0n) is 30.3. The molecule has 6 nitrogen and oxygen atoms in total. The second-order valence-electron chi connectivity index (χ2n) is 12.6. The number of hydrogen-bond acceptors (Lipinski definition) is 6. The molecule has 262 valence electrons. The molecule has 0 fully saturated rings. The van der Waals surface area contributed by atoms with Gasteiger partial charge in [0.1, 0.15) is 34.5 Å². The second-order valence-corrected chi connectivity index (χ2v) is 12.6. The highest BCUT2D eigenvalue weighted by Gasteiger charge is 2.51. The van der Waals surface area contributed by atoms with Crippen LogP contribution < -0.4 is 28.4 Å². The van der Waals surface area contributed by atoms with Gasteiger partial charge >= 0.3 is 0 Å². The minimum atomic E-state index is -0.789. The van der Waals surface area contributed by atoms with Gasteiger partial charge in [0.05, 0.1) is 48.1 Å². The van der Waals surface area contributed by atoms with Crippen molar-refractivity contribution in [2.75, 3.05) is 42.7 Å². The van der Waals surface area contributed by atoms with Crippen molar-refractivity contribution >= 4 is 11.1 Å². The molecule has 0 spiro atoms. The Balaban J connectivity index is 1.72. The Bertz CT molecular complexity index is 2120. The summed E-state index contributed by atoms with van der Waals surface area (Å²) in [5.41, 5.74) is 9.10. The molecule has 6 aromatic rings. The van der Waals surface area contributed by atoms with Crippen LogP contribution in [0.5, 0.6) is 34.5 Å². The van der Waals surface area contributed by atoms with Crippen LogP contribution in [-0.4, -0.2) is 42.7 Å². The van der Waals surface area contributed by atoms with Crippen molar-refractivity contribution in [2.45, 2.75) is 11.3 Å². The van der Waals surface area contributed by atoms with E-state index in [4.69, 9.17) is 28.4 Å². The van der Waals surface area contributed by atoms with E-state index in [9.17, 15) is 0 Å². The van der Waals surface area contributed by atoms with Crippen LogP contribution in [0.3, 0.4) is 0 Å². The molecule has 0 N–H and O–H groups in total. The summed E-state index contributed by atoms with van der Waals surface area (Å²) in [6.07, 6.45) is 0. The minimum absolute atomic E-state index is 0.273. The summed E-state index contributed by atoms with van der Waals surface area (Å²) in [5, 5.41) is 0. The Hall–Kier alpha value is -6.14. The van der Waals surface area contributed by atoms with Crippen molar-refractivity contribution in [2.24, 2.45) is 0 Å². The molecule has 0 radical (unpaired) electrons. The lowest BCUT2D eigenvalue weighted by Gasteiger charge is -2.49. The Kier molecular flexibility index (Phi) is 9.64. The third kappa shape index (κ3) is 5.90. The van der Waals surface area contributed by atoms with Crippen molar-refractivity contribution in [3.63, 3.8) is 0 Å². The number of rotatable bonds is 11. The molecule has 0 heterocycles. The number of fused-ring (bicyclic) bond motifs is 1. The van der Waals surface area contributed by atoms with Crippen LogP contribution >= 0.6 is 0 Å². The third-order valence-electron chi connectivity index (χ3n) is 10.2. The summed E-state index contributed by atoms with van der Waals surface area (Å²) in [7, 11) is 10.2. The summed E-state index contributed by atoms with van der Waals surface area (Å²) in [6, 6.07) is 48.6. The van der Waals surface area contributed by atoms with E-state index in [2.05, 4.69) is 78.9 Å². The van der Waals surface area contributed by atoms with E-state index in [1.54, 1.807) is 42.7 Å². The normalized spacial score (nSPS) is 14.6. The molecule has 0 saturated carbocycles. The van der Waals surface area contributed by atoms with Gasteiger partial charge in [-0.25, -0.2) is 0 Å².